The number of carbonyl (C=O) groups excluding carboxylic acids is 2. The van der Waals surface area contributed by atoms with Gasteiger partial charge in [-0.15, -0.1) is 11.3 Å². The van der Waals surface area contributed by atoms with Crippen molar-refractivity contribution < 1.29 is 14.3 Å². The van der Waals surface area contributed by atoms with Gasteiger partial charge >= 0.3 is 5.97 Å². The number of benzene rings is 1. The first-order valence-electron chi connectivity index (χ1n) is 10.5. The van der Waals surface area contributed by atoms with Gasteiger partial charge < -0.3 is 10.1 Å². The summed E-state index contributed by atoms with van der Waals surface area (Å²) in [5.74, 6) is -0.715. The van der Waals surface area contributed by atoms with Crippen LogP contribution in [0.1, 0.15) is 52.9 Å². The summed E-state index contributed by atoms with van der Waals surface area (Å²) in [5, 5.41) is 3.15. The number of amides is 1. The van der Waals surface area contributed by atoms with Crippen molar-refractivity contribution in [3.05, 3.63) is 57.0 Å². The molecule has 8 heteroatoms. The molecule has 2 aromatic heterocycles. The standard InChI is InChI=1S/C23H25N3O4S/c1-14-8-10-16(11-9-14)25-18(27)12-26-13-24-21-19(22(26)28)15(2)20(31-21)23(29)30-17-6-4-3-5-7-17/h8-11,13,17H,3-7,12H2,1-2H3,(H,25,27). The highest BCUT2D eigenvalue weighted by atomic mass is 32.1. The van der Waals surface area contributed by atoms with Gasteiger partial charge in [-0.3, -0.25) is 14.2 Å². The number of anilines is 1. The molecule has 1 aliphatic carbocycles. The second-order valence-corrected chi connectivity index (χ2v) is 8.99. The van der Waals surface area contributed by atoms with Crippen molar-refractivity contribution in [1.29, 1.82) is 0 Å². The van der Waals surface area contributed by atoms with Crippen LogP contribution in [0.5, 0.6) is 0 Å². The number of fused-ring (bicyclic) bond motifs is 1. The van der Waals surface area contributed by atoms with E-state index in [9.17, 15) is 14.4 Å². The smallest absolute Gasteiger partial charge is 0.348 e. The van der Waals surface area contributed by atoms with Crippen molar-refractivity contribution >= 4 is 39.1 Å². The molecule has 1 amide bonds. The molecule has 7 nitrogen and oxygen atoms in total. The van der Waals surface area contributed by atoms with Gasteiger partial charge in [0.2, 0.25) is 5.91 Å². The molecular weight excluding hydrogens is 414 g/mol. The summed E-state index contributed by atoms with van der Waals surface area (Å²) in [6, 6.07) is 7.42. The summed E-state index contributed by atoms with van der Waals surface area (Å²) in [4.78, 5) is 43.3. The van der Waals surface area contributed by atoms with Gasteiger partial charge in [0.05, 0.1) is 11.7 Å². The molecule has 1 saturated carbocycles. The number of thiophene rings is 1. The molecule has 0 radical (unpaired) electrons. The maximum absolute atomic E-state index is 13.0. The van der Waals surface area contributed by atoms with Crippen molar-refractivity contribution in [2.75, 3.05) is 5.32 Å². The Hall–Kier alpha value is -3.00. The quantitative estimate of drug-likeness (QED) is 0.602. The van der Waals surface area contributed by atoms with Crippen molar-refractivity contribution in [3.8, 4) is 0 Å². The second-order valence-electron chi connectivity index (χ2n) is 7.99. The van der Waals surface area contributed by atoms with Gasteiger partial charge in [0, 0.05) is 5.69 Å². The van der Waals surface area contributed by atoms with Crippen LogP contribution in [-0.2, 0) is 16.1 Å². The Morgan fingerprint density at radius 1 is 1.16 bits per heavy atom. The Balaban J connectivity index is 1.53. The van der Waals surface area contributed by atoms with Crippen LogP contribution in [0.3, 0.4) is 0 Å². The molecular formula is C23H25N3O4S. The van der Waals surface area contributed by atoms with Gasteiger partial charge in [-0.05, 0) is 57.2 Å². The number of hydrogen-bond donors (Lipinski definition) is 1. The molecule has 1 fully saturated rings. The number of esters is 1. The first kappa shape index (κ1) is 21.2. The van der Waals surface area contributed by atoms with Crippen LogP contribution in [0.15, 0.2) is 35.4 Å². The molecule has 0 saturated heterocycles. The number of aryl methyl sites for hydroxylation is 2. The average molecular weight is 440 g/mol. The number of nitrogens with one attached hydrogen (secondary N) is 1. The van der Waals surface area contributed by atoms with E-state index in [4.69, 9.17) is 4.74 Å². The minimum absolute atomic E-state index is 0.0547. The zero-order chi connectivity index (χ0) is 22.0. The first-order valence-corrected chi connectivity index (χ1v) is 11.3. The Morgan fingerprint density at radius 2 is 1.87 bits per heavy atom. The lowest BCUT2D eigenvalue weighted by molar-refractivity contribution is -0.116. The zero-order valence-electron chi connectivity index (χ0n) is 17.6. The van der Waals surface area contributed by atoms with Gasteiger partial charge in [-0.25, -0.2) is 9.78 Å². The van der Waals surface area contributed by atoms with Gasteiger partial charge in [-0.2, -0.15) is 0 Å². The molecule has 0 aliphatic heterocycles. The molecule has 2 heterocycles. The number of ether oxygens (including phenoxy) is 1. The molecule has 1 N–H and O–H groups in total. The summed E-state index contributed by atoms with van der Waals surface area (Å²) in [5.41, 5.74) is 1.98. The predicted octanol–water partition coefficient (Wildman–Crippen LogP) is 4.20. The summed E-state index contributed by atoms with van der Waals surface area (Å²) in [6.07, 6.45) is 6.39. The molecule has 31 heavy (non-hydrogen) atoms. The highest BCUT2D eigenvalue weighted by Gasteiger charge is 2.24. The summed E-state index contributed by atoms with van der Waals surface area (Å²) in [7, 11) is 0. The maximum atomic E-state index is 13.0. The topological polar surface area (TPSA) is 90.3 Å². The number of aromatic nitrogens is 2. The molecule has 0 spiro atoms. The monoisotopic (exact) mass is 439 g/mol. The van der Waals surface area contributed by atoms with E-state index in [0.29, 0.717) is 26.3 Å². The fraction of sp³-hybridized carbons (Fsp3) is 0.391. The lowest BCUT2D eigenvalue weighted by Crippen LogP contribution is -2.28. The highest BCUT2D eigenvalue weighted by molar-refractivity contribution is 7.20. The van der Waals surface area contributed by atoms with Gasteiger partial charge in [0.1, 0.15) is 22.4 Å². The van der Waals surface area contributed by atoms with Crippen LogP contribution in [0, 0.1) is 13.8 Å². The van der Waals surface area contributed by atoms with E-state index >= 15 is 0 Å². The van der Waals surface area contributed by atoms with E-state index in [1.54, 1.807) is 6.92 Å². The maximum Gasteiger partial charge on any atom is 0.348 e. The van der Waals surface area contributed by atoms with Gasteiger partial charge in [-0.1, -0.05) is 24.1 Å². The second kappa shape index (κ2) is 9.01. The van der Waals surface area contributed by atoms with Crippen LogP contribution >= 0.6 is 11.3 Å². The van der Waals surface area contributed by atoms with Crippen molar-refractivity contribution in [2.24, 2.45) is 0 Å². The normalized spacial score (nSPS) is 14.5. The number of rotatable bonds is 5. The van der Waals surface area contributed by atoms with E-state index < -0.39 is 5.97 Å². The van der Waals surface area contributed by atoms with Crippen LogP contribution in [0.25, 0.3) is 10.2 Å². The average Bonchev–Trinajstić information content (AvgIpc) is 3.10. The SMILES string of the molecule is Cc1ccc(NC(=O)Cn2cnc3sc(C(=O)OC4CCCCC4)c(C)c3c2=O)cc1. The lowest BCUT2D eigenvalue weighted by atomic mass is 9.98. The Bertz CT molecular complexity index is 1170. The molecule has 162 valence electrons. The first-order chi connectivity index (χ1) is 14.9. The zero-order valence-corrected chi connectivity index (χ0v) is 18.5. The summed E-state index contributed by atoms with van der Waals surface area (Å²) >= 11 is 1.17. The fourth-order valence-corrected chi connectivity index (χ4v) is 4.87. The number of nitrogens with zero attached hydrogens (tertiary/aromatic N) is 2. The van der Waals surface area contributed by atoms with Crippen LogP contribution < -0.4 is 10.9 Å². The number of hydrogen-bond acceptors (Lipinski definition) is 6. The van der Waals surface area contributed by atoms with E-state index in [2.05, 4.69) is 10.3 Å². The largest absolute Gasteiger partial charge is 0.458 e. The molecule has 1 aromatic carbocycles. The molecule has 0 bridgehead atoms. The van der Waals surface area contributed by atoms with Gasteiger partial charge in [0.15, 0.2) is 0 Å². The molecule has 0 unspecified atom stereocenters. The molecule has 1 aliphatic rings. The third-order valence-electron chi connectivity index (χ3n) is 5.58. The predicted molar refractivity (Wildman–Crippen MR) is 121 cm³/mol. The molecule has 4 rings (SSSR count). The third kappa shape index (κ3) is 4.69. The summed E-state index contributed by atoms with van der Waals surface area (Å²) < 4.78 is 6.93. The minimum atomic E-state index is -0.393. The van der Waals surface area contributed by atoms with E-state index in [-0.39, 0.29) is 24.1 Å². The Kier molecular flexibility index (Phi) is 6.18. The summed E-state index contributed by atoms with van der Waals surface area (Å²) in [6.45, 7) is 3.54. The Morgan fingerprint density at radius 3 is 2.58 bits per heavy atom. The van der Waals surface area contributed by atoms with E-state index in [1.165, 1.54) is 28.7 Å². The molecule has 3 aromatic rings. The van der Waals surface area contributed by atoms with Crippen LogP contribution in [0.2, 0.25) is 0 Å². The lowest BCUT2D eigenvalue weighted by Gasteiger charge is -2.21. The minimum Gasteiger partial charge on any atom is -0.458 e. The van der Waals surface area contributed by atoms with Crippen molar-refractivity contribution in [2.45, 2.75) is 58.6 Å². The van der Waals surface area contributed by atoms with Gasteiger partial charge in [0.25, 0.3) is 5.56 Å². The highest BCUT2D eigenvalue weighted by Crippen LogP contribution is 2.29. The number of carbonyl (C=O) groups is 2. The van der Waals surface area contributed by atoms with Crippen LogP contribution in [0.4, 0.5) is 5.69 Å². The van der Waals surface area contributed by atoms with Crippen LogP contribution in [-0.4, -0.2) is 27.5 Å². The Labute approximate surface area is 184 Å². The fourth-order valence-electron chi connectivity index (χ4n) is 3.85. The van der Waals surface area contributed by atoms with E-state index in [0.717, 1.165) is 31.2 Å². The van der Waals surface area contributed by atoms with E-state index in [1.807, 2.05) is 31.2 Å². The molecule has 0 atom stereocenters. The third-order valence-corrected chi connectivity index (χ3v) is 6.76. The van der Waals surface area contributed by atoms with Crippen molar-refractivity contribution in [3.63, 3.8) is 0 Å². The van der Waals surface area contributed by atoms with Crippen molar-refractivity contribution in [1.82, 2.24) is 9.55 Å².